The zero-order chi connectivity index (χ0) is 14.3. The molecule has 1 aromatic rings. The summed E-state index contributed by atoms with van der Waals surface area (Å²) < 4.78 is 36.0. The van der Waals surface area contributed by atoms with Crippen LogP contribution in [0.15, 0.2) is 18.2 Å². The highest BCUT2D eigenvalue weighted by Gasteiger charge is 2.09. The van der Waals surface area contributed by atoms with Crippen molar-refractivity contribution in [2.75, 3.05) is 24.2 Å². The van der Waals surface area contributed by atoms with Gasteiger partial charge in [0.05, 0.1) is 25.2 Å². The molecule has 0 saturated heterocycles. The van der Waals surface area contributed by atoms with E-state index in [1.165, 1.54) is 0 Å². The van der Waals surface area contributed by atoms with E-state index in [4.69, 9.17) is 9.47 Å². The molecular weight excluding hydrogens is 266 g/mol. The lowest BCUT2D eigenvalue weighted by molar-refractivity contribution is 0.268. The van der Waals surface area contributed by atoms with Crippen LogP contribution < -0.4 is 14.2 Å². The SMILES string of the molecule is CCCOc1ccc(NS(C)(=O)=O)cc1OCCC. The average Bonchev–Trinajstić information content (AvgIpc) is 2.33. The van der Waals surface area contributed by atoms with E-state index in [2.05, 4.69) is 4.72 Å². The van der Waals surface area contributed by atoms with E-state index < -0.39 is 10.0 Å². The van der Waals surface area contributed by atoms with E-state index in [9.17, 15) is 8.42 Å². The molecule has 0 amide bonds. The monoisotopic (exact) mass is 287 g/mol. The number of sulfonamides is 1. The van der Waals surface area contributed by atoms with Crippen molar-refractivity contribution < 1.29 is 17.9 Å². The quantitative estimate of drug-likeness (QED) is 0.798. The van der Waals surface area contributed by atoms with Gasteiger partial charge < -0.3 is 9.47 Å². The molecule has 0 aliphatic carbocycles. The van der Waals surface area contributed by atoms with E-state index >= 15 is 0 Å². The maximum atomic E-state index is 11.2. The lowest BCUT2D eigenvalue weighted by Crippen LogP contribution is -2.10. The van der Waals surface area contributed by atoms with Gasteiger partial charge in [-0.2, -0.15) is 0 Å². The van der Waals surface area contributed by atoms with Crippen molar-refractivity contribution in [2.45, 2.75) is 26.7 Å². The van der Waals surface area contributed by atoms with E-state index in [0.717, 1.165) is 19.1 Å². The first kappa shape index (κ1) is 15.6. The number of benzene rings is 1. The third-order valence-corrected chi connectivity index (χ3v) is 2.78. The van der Waals surface area contributed by atoms with Crippen molar-refractivity contribution in [2.24, 2.45) is 0 Å². The van der Waals surface area contributed by atoms with Crippen LogP contribution in [0.25, 0.3) is 0 Å². The molecule has 6 heteroatoms. The van der Waals surface area contributed by atoms with Gasteiger partial charge in [0.1, 0.15) is 0 Å². The predicted octanol–water partition coefficient (Wildman–Crippen LogP) is 2.64. The largest absolute Gasteiger partial charge is 0.490 e. The molecule has 0 fully saturated rings. The first-order chi connectivity index (χ1) is 8.96. The highest BCUT2D eigenvalue weighted by molar-refractivity contribution is 7.92. The van der Waals surface area contributed by atoms with E-state index in [1.54, 1.807) is 18.2 Å². The molecule has 0 spiro atoms. The maximum absolute atomic E-state index is 11.2. The van der Waals surface area contributed by atoms with Crippen LogP contribution >= 0.6 is 0 Å². The number of anilines is 1. The van der Waals surface area contributed by atoms with Crippen LogP contribution in [-0.2, 0) is 10.0 Å². The minimum atomic E-state index is -3.29. The summed E-state index contributed by atoms with van der Waals surface area (Å²) in [7, 11) is -3.29. The van der Waals surface area contributed by atoms with Crippen LogP contribution in [0.3, 0.4) is 0 Å². The molecule has 0 radical (unpaired) electrons. The molecule has 5 nitrogen and oxygen atoms in total. The van der Waals surface area contributed by atoms with Gasteiger partial charge in [-0.3, -0.25) is 4.72 Å². The van der Waals surface area contributed by atoms with Crippen molar-refractivity contribution in [1.82, 2.24) is 0 Å². The van der Waals surface area contributed by atoms with Crippen LogP contribution in [0, 0.1) is 0 Å². The minimum Gasteiger partial charge on any atom is -0.490 e. The fraction of sp³-hybridized carbons (Fsp3) is 0.538. The van der Waals surface area contributed by atoms with Crippen LogP contribution in [0.1, 0.15) is 26.7 Å². The molecule has 1 rings (SSSR count). The number of hydrogen-bond acceptors (Lipinski definition) is 4. The maximum Gasteiger partial charge on any atom is 0.229 e. The Kier molecular flexibility index (Phi) is 5.95. The number of nitrogens with one attached hydrogen (secondary N) is 1. The Balaban J connectivity index is 2.93. The lowest BCUT2D eigenvalue weighted by atomic mass is 10.3. The second-order valence-corrected chi connectivity index (χ2v) is 5.98. The van der Waals surface area contributed by atoms with Gasteiger partial charge in [0.15, 0.2) is 11.5 Å². The normalized spacial score (nSPS) is 11.1. The first-order valence-corrected chi connectivity index (χ1v) is 8.22. The number of ether oxygens (including phenoxy) is 2. The summed E-state index contributed by atoms with van der Waals surface area (Å²) in [6.07, 6.45) is 2.88. The summed E-state index contributed by atoms with van der Waals surface area (Å²) in [6, 6.07) is 5.01. The predicted molar refractivity (Wildman–Crippen MR) is 76.5 cm³/mol. The zero-order valence-electron chi connectivity index (χ0n) is 11.6. The molecule has 0 aliphatic heterocycles. The Morgan fingerprint density at radius 1 is 1.05 bits per heavy atom. The Bertz CT molecular complexity index is 499. The van der Waals surface area contributed by atoms with E-state index in [1.807, 2.05) is 13.8 Å². The Morgan fingerprint density at radius 3 is 2.16 bits per heavy atom. The first-order valence-electron chi connectivity index (χ1n) is 6.33. The van der Waals surface area contributed by atoms with Crippen LogP contribution in [0.4, 0.5) is 5.69 Å². The number of hydrogen-bond donors (Lipinski definition) is 1. The van der Waals surface area contributed by atoms with Crippen LogP contribution in [0.5, 0.6) is 11.5 Å². The van der Waals surface area contributed by atoms with Crippen LogP contribution in [-0.4, -0.2) is 27.9 Å². The fourth-order valence-electron chi connectivity index (χ4n) is 1.44. The Morgan fingerprint density at radius 2 is 1.63 bits per heavy atom. The molecule has 108 valence electrons. The summed E-state index contributed by atoms with van der Waals surface area (Å²) in [5.41, 5.74) is 0.470. The van der Waals surface area contributed by atoms with Crippen molar-refractivity contribution in [3.63, 3.8) is 0 Å². The Labute approximate surface area is 115 Å². The van der Waals surface area contributed by atoms with Gasteiger partial charge in [-0.05, 0) is 25.0 Å². The number of rotatable bonds is 8. The van der Waals surface area contributed by atoms with Gasteiger partial charge in [0.25, 0.3) is 0 Å². The smallest absolute Gasteiger partial charge is 0.229 e. The van der Waals surface area contributed by atoms with Gasteiger partial charge in [0, 0.05) is 6.07 Å². The molecule has 0 aliphatic rings. The van der Waals surface area contributed by atoms with Crippen molar-refractivity contribution >= 4 is 15.7 Å². The second kappa shape index (κ2) is 7.23. The molecule has 0 heterocycles. The molecule has 0 bridgehead atoms. The molecule has 0 saturated carbocycles. The highest BCUT2D eigenvalue weighted by Crippen LogP contribution is 2.31. The summed E-state index contributed by atoms with van der Waals surface area (Å²) >= 11 is 0. The van der Waals surface area contributed by atoms with Crippen LogP contribution in [0.2, 0.25) is 0 Å². The average molecular weight is 287 g/mol. The van der Waals surface area contributed by atoms with Gasteiger partial charge >= 0.3 is 0 Å². The van der Waals surface area contributed by atoms with Gasteiger partial charge in [0.2, 0.25) is 10.0 Å². The summed E-state index contributed by atoms with van der Waals surface area (Å²) in [5, 5.41) is 0. The standard InChI is InChI=1S/C13H21NO4S/c1-4-8-17-12-7-6-11(14-19(3,15)16)10-13(12)18-9-5-2/h6-7,10,14H,4-5,8-9H2,1-3H3. The second-order valence-electron chi connectivity index (χ2n) is 4.23. The molecule has 0 atom stereocenters. The molecule has 0 unspecified atom stereocenters. The molecular formula is C13H21NO4S. The van der Waals surface area contributed by atoms with Crippen molar-refractivity contribution in [3.05, 3.63) is 18.2 Å². The summed E-state index contributed by atoms with van der Waals surface area (Å²) in [6.45, 7) is 5.18. The molecule has 1 N–H and O–H groups in total. The molecule has 1 aromatic carbocycles. The van der Waals surface area contributed by atoms with Gasteiger partial charge in [-0.15, -0.1) is 0 Å². The van der Waals surface area contributed by atoms with E-state index in [-0.39, 0.29) is 0 Å². The van der Waals surface area contributed by atoms with Crippen molar-refractivity contribution in [1.29, 1.82) is 0 Å². The highest BCUT2D eigenvalue weighted by atomic mass is 32.2. The molecule has 0 aromatic heterocycles. The minimum absolute atomic E-state index is 0.470. The summed E-state index contributed by atoms with van der Waals surface area (Å²) in [5.74, 6) is 1.19. The third-order valence-electron chi connectivity index (χ3n) is 2.17. The fourth-order valence-corrected chi connectivity index (χ4v) is 2.00. The lowest BCUT2D eigenvalue weighted by Gasteiger charge is -2.13. The zero-order valence-corrected chi connectivity index (χ0v) is 12.4. The van der Waals surface area contributed by atoms with Gasteiger partial charge in [-0.25, -0.2) is 8.42 Å². The van der Waals surface area contributed by atoms with Gasteiger partial charge in [-0.1, -0.05) is 13.8 Å². The van der Waals surface area contributed by atoms with Crippen molar-refractivity contribution in [3.8, 4) is 11.5 Å². The Hall–Kier alpha value is -1.43. The third kappa shape index (κ3) is 5.83. The summed E-state index contributed by atoms with van der Waals surface area (Å²) in [4.78, 5) is 0. The topological polar surface area (TPSA) is 64.6 Å². The van der Waals surface area contributed by atoms with E-state index in [0.29, 0.717) is 30.4 Å². The molecule has 19 heavy (non-hydrogen) atoms.